The highest BCUT2D eigenvalue weighted by Crippen LogP contribution is 2.17. The van der Waals surface area contributed by atoms with Crippen LogP contribution in [0.1, 0.15) is 70.9 Å². The van der Waals surface area contributed by atoms with Crippen molar-refractivity contribution in [3.05, 3.63) is 101 Å². The minimum Gasteiger partial charge on any atom is -0.395 e. The Bertz CT molecular complexity index is 1150. The fourth-order valence-corrected chi connectivity index (χ4v) is 4.06. The van der Waals surface area contributed by atoms with Gasteiger partial charge in [0.2, 0.25) is 0 Å². The maximum Gasteiger partial charge on any atom is 0.255 e. The minimum atomic E-state index is -0.165. The Balaban J connectivity index is 1.50. The van der Waals surface area contributed by atoms with Gasteiger partial charge < -0.3 is 15.3 Å². The molecule has 0 heterocycles. The highest BCUT2D eigenvalue weighted by Gasteiger charge is 2.08. The average molecular weight is 499 g/mol. The summed E-state index contributed by atoms with van der Waals surface area (Å²) in [4.78, 5) is 27.2. The highest BCUT2D eigenvalue weighted by atomic mass is 16.3. The normalized spacial score (nSPS) is 11.0. The smallest absolute Gasteiger partial charge is 0.255 e. The first-order valence-corrected chi connectivity index (χ1v) is 13.1. The summed E-state index contributed by atoms with van der Waals surface area (Å²) in [6, 6.07) is 22.5. The lowest BCUT2D eigenvalue weighted by Crippen LogP contribution is -2.20. The number of aliphatic hydroxyl groups excluding tert-OH is 1. The standard InChI is InChI=1S/C32H38N2O3/c1-3-4-5-6-7-8-25-9-14-28(15-10-25)32(37)33-29-18-16-27(17-19-29)31(36)22-13-26-11-20-30(21-12-26)34(2)23-24-35/h9-22,35H,3-8,23-24H2,1-2H3,(H,33,37)/b22-13+. The SMILES string of the molecule is CCCCCCCc1ccc(C(=O)Nc2ccc(C(=O)/C=C/c3ccc(N(C)CCO)cc3)cc2)cc1. The van der Waals surface area contributed by atoms with Gasteiger partial charge in [0.25, 0.3) is 5.91 Å². The molecule has 0 spiro atoms. The van der Waals surface area contributed by atoms with Gasteiger partial charge in [-0.25, -0.2) is 0 Å². The van der Waals surface area contributed by atoms with Gasteiger partial charge in [0.1, 0.15) is 0 Å². The predicted octanol–water partition coefficient (Wildman–Crippen LogP) is 6.78. The maximum atomic E-state index is 12.6. The van der Waals surface area contributed by atoms with E-state index in [1.807, 2.05) is 60.5 Å². The van der Waals surface area contributed by atoms with Crippen molar-refractivity contribution in [1.82, 2.24) is 0 Å². The van der Waals surface area contributed by atoms with Crippen molar-refractivity contribution in [3.8, 4) is 0 Å². The number of nitrogens with one attached hydrogen (secondary N) is 1. The van der Waals surface area contributed by atoms with Gasteiger partial charge >= 0.3 is 0 Å². The number of ketones is 1. The van der Waals surface area contributed by atoms with Crippen LogP contribution in [-0.2, 0) is 6.42 Å². The molecule has 5 nitrogen and oxygen atoms in total. The predicted molar refractivity (Wildman–Crippen MR) is 153 cm³/mol. The number of carbonyl (C=O) groups is 2. The molecule has 0 saturated heterocycles. The molecular weight excluding hydrogens is 460 g/mol. The van der Waals surface area contributed by atoms with Crippen molar-refractivity contribution in [3.63, 3.8) is 0 Å². The van der Waals surface area contributed by atoms with Gasteiger partial charge in [-0.2, -0.15) is 0 Å². The van der Waals surface area contributed by atoms with Crippen LogP contribution in [0.2, 0.25) is 0 Å². The summed E-state index contributed by atoms with van der Waals surface area (Å²) >= 11 is 0. The maximum absolute atomic E-state index is 12.6. The first-order valence-electron chi connectivity index (χ1n) is 13.1. The number of hydrogen-bond donors (Lipinski definition) is 2. The number of aliphatic hydroxyl groups is 1. The number of allylic oxidation sites excluding steroid dienone is 1. The highest BCUT2D eigenvalue weighted by molar-refractivity contribution is 6.08. The summed E-state index contributed by atoms with van der Waals surface area (Å²) in [6.07, 6.45) is 10.6. The molecule has 0 fully saturated rings. The topological polar surface area (TPSA) is 69.6 Å². The third-order valence-electron chi connectivity index (χ3n) is 6.41. The van der Waals surface area contributed by atoms with Gasteiger partial charge in [0.05, 0.1) is 6.61 Å². The summed E-state index contributed by atoms with van der Waals surface area (Å²) in [5, 5.41) is 12.0. The van der Waals surface area contributed by atoms with Crippen LogP contribution in [0.4, 0.5) is 11.4 Å². The molecule has 0 radical (unpaired) electrons. The van der Waals surface area contributed by atoms with Crippen LogP contribution < -0.4 is 10.2 Å². The van der Waals surface area contributed by atoms with E-state index in [0.717, 1.165) is 17.7 Å². The van der Waals surface area contributed by atoms with Gasteiger partial charge in [-0.05, 0) is 78.6 Å². The Hall–Kier alpha value is -3.70. The van der Waals surface area contributed by atoms with Gasteiger partial charge in [0.15, 0.2) is 5.78 Å². The van der Waals surface area contributed by atoms with E-state index in [0.29, 0.717) is 23.4 Å². The Morgan fingerprint density at radius 2 is 1.49 bits per heavy atom. The molecule has 194 valence electrons. The lowest BCUT2D eigenvalue weighted by Gasteiger charge is -2.17. The van der Waals surface area contributed by atoms with Gasteiger partial charge in [-0.1, -0.05) is 62.9 Å². The number of anilines is 2. The summed E-state index contributed by atoms with van der Waals surface area (Å²) in [7, 11) is 1.92. The van der Waals surface area contributed by atoms with Crippen LogP contribution in [0.25, 0.3) is 6.08 Å². The summed E-state index contributed by atoms with van der Waals surface area (Å²) in [5.41, 5.74) is 5.00. The van der Waals surface area contributed by atoms with E-state index in [9.17, 15) is 9.59 Å². The second-order valence-electron chi connectivity index (χ2n) is 9.33. The molecule has 0 aliphatic heterocycles. The van der Waals surface area contributed by atoms with E-state index in [2.05, 4.69) is 12.2 Å². The molecule has 0 aromatic heterocycles. The van der Waals surface area contributed by atoms with Crippen LogP contribution in [-0.4, -0.2) is 37.0 Å². The van der Waals surface area contributed by atoms with Crippen LogP contribution in [0, 0.1) is 0 Å². The Morgan fingerprint density at radius 1 is 0.838 bits per heavy atom. The molecule has 3 aromatic carbocycles. The number of carbonyl (C=O) groups excluding carboxylic acids is 2. The van der Waals surface area contributed by atoms with Gasteiger partial charge in [0, 0.05) is 36.1 Å². The Kier molecular flexibility index (Phi) is 11.1. The van der Waals surface area contributed by atoms with Crippen LogP contribution in [0.3, 0.4) is 0 Å². The minimum absolute atomic E-state index is 0.0987. The molecule has 5 heteroatoms. The van der Waals surface area contributed by atoms with E-state index < -0.39 is 0 Å². The number of rotatable bonds is 14. The molecule has 1 amide bonds. The van der Waals surface area contributed by atoms with E-state index >= 15 is 0 Å². The fourth-order valence-electron chi connectivity index (χ4n) is 4.06. The Morgan fingerprint density at radius 3 is 2.14 bits per heavy atom. The number of amides is 1. The molecule has 2 N–H and O–H groups in total. The van der Waals surface area contributed by atoms with E-state index in [1.165, 1.54) is 37.7 Å². The zero-order valence-corrected chi connectivity index (χ0v) is 22.0. The van der Waals surface area contributed by atoms with E-state index in [-0.39, 0.29) is 18.3 Å². The van der Waals surface area contributed by atoms with Crippen molar-refractivity contribution in [2.75, 3.05) is 30.4 Å². The molecule has 3 rings (SSSR count). The van der Waals surface area contributed by atoms with Crippen molar-refractivity contribution in [2.24, 2.45) is 0 Å². The average Bonchev–Trinajstić information content (AvgIpc) is 2.92. The zero-order valence-electron chi connectivity index (χ0n) is 22.0. The first-order chi connectivity index (χ1) is 18.0. The Labute approximate surface area is 220 Å². The van der Waals surface area contributed by atoms with Crippen molar-refractivity contribution in [1.29, 1.82) is 0 Å². The number of hydrogen-bond acceptors (Lipinski definition) is 4. The monoisotopic (exact) mass is 498 g/mol. The molecular formula is C32H38N2O3. The third-order valence-corrected chi connectivity index (χ3v) is 6.41. The van der Waals surface area contributed by atoms with E-state index in [4.69, 9.17) is 5.11 Å². The second-order valence-corrected chi connectivity index (χ2v) is 9.33. The van der Waals surface area contributed by atoms with Crippen molar-refractivity contribution >= 4 is 29.1 Å². The summed E-state index contributed by atoms with van der Waals surface area (Å²) in [5.74, 6) is -0.272. The number of unbranched alkanes of at least 4 members (excludes halogenated alkanes) is 4. The number of benzene rings is 3. The van der Waals surface area contributed by atoms with Gasteiger partial charge in [-0.15, -0.1) is 0 Å². The van der Waals surface area contributed by atoms with Crippen molar-refractivity contribution in [2.45, 2.75) is 45.4 Å². The molecule has 0 unspecified atom stereocenters. The molecule has 0 aliphatic rings. The van der Waals surface area contributed by atoms with Crippen LogP contribution >= 0.6 is 0 Å². The third kappa shape index (κ3) is 9.03. The molecule has 37 heavy (non-hydrogen) atoms. The van der Waals surface area contributed by atoms with Crippen LogP contribution in [0.5, 0.6) is 0 Å². The van der Waals surface area contributed by atoms with Crippen LogP contribution in [0.15, 0.2) is 78.9 Å². The zero-order chi connectivity index (χ0) is 26.5. The molecule has 0 saturated carbocycles. The fraction of sp³-hybridized carbons (Fsp3) is 0.312. The molecule has 0 aliphatic carbocycles. The molecule has 0 bridgehead atoms. The lowest BCUT2D eigenvalue weighted by molar-refractivity contribution is 0.102. The molecule has 0 atom stereocenters. The van der Waals surface area contributed by atoms with Crippen molar-refractivity contribution < 1.29 is 14.7 Å². The number of aryl methyl sites for hydroxylation is 1. The van der Waals surface area contributed by atoms with Gasteiger partial charge in [-0.3, -0.25) is 9.59 Å². The largest absolute Gasteiger partial charge is 0.395 e. The number of likely N-dealkylation sites (N-methyl/N-ethyl adjacent to an activating group) is 1. The van der Waals surface area contributed by atoms with E-state index in [1.54, 1.807) is 36.4 Å². The molecule has 3 aromatic rings. The number of nitrogens with zero attached hydrogens (tertiary/aromatic N) is 1. The summed E-state index contributed by atoms with van der Waals surface area (Å²) < 4.78 is 0. The summed E-state index contributed by atoms with van der Waals surface area (Å²) in [6.45, 7) is 2.89. The first kappa shape index (κ1) is 27.9. The second kappa shape index (κ2) is 14.8. The quantitative estimate of drug-likeness (QED) is 0.146. The lowest BCUT2D eigenvalue weighted by atomic mass is 10.0.